The fourth-order valence-electron chi connectivity index (χ4n) is 1.64. The van der Waals surface area contributed by atoms with Gasteiger partial charge in [-0.15, -0.1) is 0 Å². The van der Waals surface area contributed by atoms with E-state index in [2.05, 4.69) is 29.1 Å². The Bertz CT molecular complexity index is 511. The van der Waals surface area contributed by atoms with Crippen LogP contribution in [0.2, 0.25) is 5.02 Å². The van der Waals surface area contributed by atoms with E-state index in [4.69, 9.17) is 11.6 Å². The van der Waals surface area contributed by atoms with Crippen molar-refractivity contribution in [3.63, 3.8) is 0 Å². The van der Waals surface area contributed by atoms with E-state index in [0.29, 0.717) is 10.9 Å². The van der Waals surface area contributed by atoms with Crippen molar-refractivity contribution in [2.75, 3.05) is 11.9 Å². The Morgan fingerprint density at radius 1 is 1.35 bits per heavy atom. The zero-order chi connectivity index (χ0) is 12.3. The van der Waals surface area contributed by atoms with E-state index >= 15 is 0 Å². The maximum absolute atomic E-state index is 5.89. The molecule has 2 rings (SSSR count). The molecule has 2 aromatic heterocycles. The third-order valence-electron chi connectivity index (χ3n) is 2.58. The van der Waals surface area contributed by atoms with Gasteiger partial charge in [0, 0.05) is 18.9 Å². The smallest absolute Gasteiger partial charge is 0.112 e. The molecule has 3 nitrogen and oxygen atoms in total. The number of rotatable bonds is 4. The Labute approximate surface area is 106 Å². The van der Waals surface area contributed by atoms with Crippen molar-refractivity contribution in [1.29, 1.82) is 0 Å². The summed E-state index contributed by atoms with van der Waals surface area (Å²) in [6.45, 7) is 5.37. The van der Waals surface area contributed by atoms with Crippen molar-refractivity contribution in [3.05, 3.63) is 29.5 Å². The second-order valence-corrected chi connectivity index (χ2v) is 4.93. The monoisotopic (exact) mass is 249 g/mol. The van der Waals surface area contributed by atoms with E-state index in [1.54, 1.807) is 12.4 Å². The molecule has 0 spiro atoms. The van der Waals surface area contributed by atoms with Crippen LogP contribution >= 0.6 is 11.6 Å². The molecule has 4 heteroatoms. The number of nitrogens with zero attached hydrogens (tertiary/aromatic N) is 2. The lowest BCUT2D eigenvalue weighted by atomic mass is 10.1. The van der Waals surface area contributed by atoms with Crippen LogP contribution in [-0.4, -0.2) is 16.5 Å². The topological polar surface area (TPSA) is 37.8 Å². The number of anilines is 1. The lowest BCUT2D eigenvalue weighted by Gasteiger charge is -2.10. The Kier molecular flexibility index (Phi) is 3.79. The number of halogens is 1. The summed E-state index contributed by atoms with van der Waals surface area (Å²) in [6.07, 6.45) is 4.56. The summed E-state index contributed by atoms with van der Waals surface area (Å²) >= 11 is 5.89. The molecule has 0 fully saturated rings. The molecule has 0 saturated carbocycles. The minimum absolute atomic E-state index is 0.615. The normalized spacial score (nSPS) is 11.1. The van der Waals surface area contributed by atoms with Gasteiger partial charge in [0.2, 0.25) is 0 Å². The number of hydrogen-bond donors (Lipinski definition) is 1. The van der Waals surface area contributed by atoms with Crippen LogP contribution in [0.25, 0.3) is 11.0 Å². The molecule has 2 heterocycles. The summed E-state index contributed by atoms with van der Waals surface area (Å²) in [4.78, 5) is 8.58. The Balaban J connectivity index is 2.22. The first kappa shape index (κ1) is 12.1. The number of pyridine rings is 2. The molecule has 0 bridgehead atoms. The molecule has 0 saturated heterocycles. The molecule has 0 radical (unpaired) electrons. The zero-order valence-corrected chi connectivity index (χ0v) is 10.8. The van der Waals surface area contributed by atoms with Crippen molar-refractivity contribution in [3.8, 4) is 0 Å². The van der Waals surface area contributed by atoms with Gasteiger partial charge in [0.1, 0.15) is 5.52 Å². The molecule has 0 aliphatic rings. The Morgan fingerprint density at radius 3 is 2.94 bits per heavy atom. The van der Waals surface area contributed by atoms with Crippen LogP contribution in [0.1, 0.15) is 20.3 Å². The molecule has 1 N–H and O–H groups in total. The molecule has 0 amide bonds. The highest BCUT2D eigenvalue weighted by Crippen LogP contribution is 2.21. The molecule has 0 aromatic carbocycles. The average Bonchev–Trinajstić information content (AvgIpc) is 2.28. The molecule has 17 heavy (non-hydrogen) atoms. The molecule has 0 aliphatic heterocycles. The van der Waals surface area contributed by atoms with E-state index in [1.165, 1.54) is 0 Å². The van der Waals surface area contributed by atoms with Crippen LogP contribution in [0.5, 0.6) is 0 Å². The summed E-state index contributed by atoms with van der Waals surface area (Å²) in [5.41, 5.74) is 2.72. The van der Waals surface area contributed by atoms with Crippen molar-refractivity contribution in [2.45, 2.75) is 20.3 Å². The molecule has 0 unspecified atom stereocenters. The van der Waals surface area contributed by atoms with Crippen LogP contribution in [0.15, 0.2) is 24.5 Å². The molecule has 0 aliphatic carbocycles. The highest BCUT2D eigenvalue weighted by molar-refractivity contribution is 6.31. The minimum Gasteiger partial charge on any atom is -0.383 e. The van der Waals surface area contributed by atoms with E-state index < -0.39 is 0 Å². The molecule has 0 atom stereocenters. The fourth-order valence-corrected chi connectivity index (χ4v) is 1.80. The minimum atomic E-state index is 0.615. The maximum atomic E-state index is 5.89. The first-order valence-electron chi connectivity index (χ1n) is 5.81. The highest BCUT2D eigenvalue weighted by atomic mass is 35.5. The molecule has 2 aromatic rings. The summed E-state index contributed by atoms with van der Waals surface area (Å²) in [6, 6.07) is 3.78. The van der Waals surface area contributed by atoms with Gasteiger partial charge in [-0.2, -0.15) is 0 Å². The van der Waals surface area contributed by atoms with E-state index in [0.717, 1.165) is 29.7 Å². The van der Waals surface area contributed by atoms with Crippen molar-refractivity contribution in [2.24, 2.45) is 5.92 Å². The summed E-state index contributed by atoms with van der Waals surface area (Å²) in [7, 11) is 0. The first-order chi connectivity index (χ1) is 8.16. The van der Waals surface area contributed by atoms with Gasteiger partial charge in [0.25, 0.3) is 0 Å². The van der Waals surface area contributed by atoms with Gasteiger partial charge in [-0.05, 0) is 24.5 Å². The quantitative estimate of drug-likeness (QED) is 0.897. The third kappa shape index (κ3) is 3.07. The zero-order valence-electron chi connectivity index (χ0n) is 10.1. The Morgan fingerprint density at radius 2 is 2.18 bits per heavy atom. The average molecular weight is 250 g/mol. The van der Waals surface area contributed by atoms with Crippen molar-refractivity contribution >= 4 is 28.3 Å². The number of nitrogens with one attached hydrogen (secondary N) is 1. The van der Waals surface area contributed by atoms with E-state index in [-0.39, 0.29) is 0 Å². The summed E-state index contributed by atoms with van der Waals surface area (Å²) in [5, 5.41) is 4.01. The number of aromatic nitrogens is 2. The third-order valence-corrected chi connectivity index (χ3v) is 2.79. The SMILES string of the molecule is CC(C)CCNc1ccnc2cc(Cl)cnc12. The van der Waals surface area contributed by atoms with Crippen LogP contribution in [-0.2, 0) is 0 Å². The van der Waals surface area contributed by atoms with Crippen LogP contribution in [0.4, 0.5) is 5.69 Å². The number of fused-ring (bicyclic) bond motifs is 1. The van der Waals surface area contributed by atoms with Crippen molar-refractivity contribution in [1.82, 2.24) is 9.97 Å². The fraction of sp³-hybridized carbons (Fsp3) is 0.385. The van der Waals surface area contributed by atoms with Gasteiger partial charge in [0.15, 0.2) is 0 Å². The largest absolute Gasteiger partial charge is 0.383 e. The van der Waals surface area contributed by atoms with Gasteiger partial charge >= 0.3 is 0 Å². The van der Waals surface area contributed by atoms with Gasteiger partial charge in [-0.3, -0.25) is 9.97 Å². The van der Waals surface area contributed by atoms with Gasteiger partial charge in [-0.25, -0.2) is 0 Å². The van der Waals surface area contributed by atoms with Gasteiger partial charge < -0.3 is 5.32 Å². The maximum Gasteiger partial charge on any atom is 0.112 e. The highest BCUT2D eigenvalue weighted by Gasteiger charge is 2.03. The van der Waals surface area contributed by atoms with Gasteiger partial charge in [0.05, 0.1) is 16.2 Å². The molecular weight excluding hydrogens is 234 g/mol. The standard InChI is InChI=1S/C13H16ClN3/c1-9(2)3-5-15-11-4-6-16-12-7-10(14)8-17-13(11)12/h4,6-9H,3,5H2,1-2H3,(H,15,16). The number of hydrogen-bond acceptors (Lipinski definition) is 3. The van der Waals surface area contributed by atoms with Crippen LogP contribution in [0.3, 0.4) is 0 Å². The summed E-state index contributed by atoms with van der Waals surface area (Å²) < 4.78 is 0. The van der Waals surface area contributed by atoms with Crippen LogP contribution < -0.4 is 5.32 Å². The van der Waals surface area contributed by atoms with Gasteiger partial charge in [-0.1, -0.05) is 25.4 Å². The molecular formula is C13H16ClN3. The Hall–Kier alpha value is -1.35. The molecule has 90 valence electrons. The van der Waals surface area contributed by atoms with Crippen molar-refractivity contribution < 1.29 is 0 Å². The second kappa shape index (κ2) is 5.32. The predicted octanol–water partition coefficient (Wildman–Crippen LogP) is 3.74. The van der Waals surface area contributed by atoms with Crippen LogP contribution in [0, 0.1) is 5.92 Å². The second-order valence-electron chi connectivity index (χ2n) is 4.49. The first-order valence-corrected chi connectivity index (χ1v) is 6.19. The lowest BCUT2D eigenvalue weighted by molar-refractivity contribution is 0.607. The predicted molar refractivity (Wildman–Crippen MR) is 72.5 cm³/mol. The lowest BCUT2D eigenvalue weighted by Crippen LogP contribution is -2.05. The van der Waals surface area contributed by atoms with E-state index in [1.807, 2.05) is 12.1 Å². The van der Waals surface area contributed by atoms with E-state index in [9.17, 15) is 0 Å². The summed E-state index contributed by atoms with van der Waals surface area (Å²) in [5.74, 6) is 0.693.